The minimum Gasteiger partial charge on any atom is -0.361 e. The van der Waals surface area contributed by atoms with Gasteiger partial charge >= 0.3 is 0 Å². The molecule has 1 aliphatic rings. The van der Waals surface area contributed by atoms with E-state index in [1.807, 2.05) is 0 Å². The van der Waals surface area contributed by atoms with E-state index in [9.17, 15) is 0 Å². The highest BCUT2D eigenvalue weighted by Gasteiger charge is 2.28. The van der Waals surface area contributed by atoms with Gasteiger partial charge in [0, 0.05) is 27.1 Å². The highest BCUT2D eigenvalue weighted by Crippen LogP contribution is 2.29. The van der Waals surface area contributed by atoms with E-state index < -0.39 is 0 Å². The molecule has 0 aliphatic carbocycles. The van der Waals surface area contributed by atoms with E-state index in [0.717, 1.165) is 17.4 Å². The van der Waals surface area contributed by atoms with Gasteiger partial charge in [-0.2, -0.15) is 0 Å². The first-order chi connectivity index (χ1) is 8.16. The maximum atomic E-state index is 3.62. The van der Waals surface area contributed by atoms with Crippen molar-refractivity contribution in [3.63, 3.8) is 0 Å². The molecule has 1 atom stereocenters. The van der Waals surface area contributed by atoms with E-state index in [0.29, 0.717) is 0 Å². The van der Waals surface area contributed by atoms with Gasteiger partial charge in [-0.25, -0.2) is 0 Å². The van der Waals surface area contributed by atoms with Crippen LogP contribution in [0.3, 0.4) is 0 Å². The van der Waals surface area contributed by atoms with Crippen molar-refractivity contribution in [2.24, 2.45) is 0 Å². The lowest BCUT2D eigenvalue weighted by Gasteiger charge is -2.23. The van der Waals surface area contributed by atoms with Crippen LogP contribution in [0.15, 0.2) is 28.9 Å². The van der Waals surface area contributed by atoms with Gasteiger partial charge in [0.2, 0.25) is 0 Å². The lowest BCUT2D eigenvalue weighted by atomic mass is 9.91. The predicted molar refractivity (Wildman–Crippen MR) is 75.3 cm³/mol. The summed E-state index contributed by atoms with van der Waals surface area (Å²) in [5.41, 5.74) is 2.92. The zero-order valence-corrected chi connectivity index (χ0v) is 11.6. The van der Waals surface area contributed by atoms with Crippen LogP contribution in [0, 0.1) is 0 Å². The Morgan fingerprint density at radius 3 is 3.06 bits per heavy atom. The van der Waals surface area contributed by atoms with Crippen LogP contribution in [-0.4, -0.2) is 17.1 Å². The van der Waals surface area contributed by atoms with E-state index >= 15 is 0 Å². The van der Waals surface area contributed by atoms with Crippen molar-refractivity contribution in [1.82, 2.24) is 10.3 Å². The molecule has 0 spiro atoms. The maximum Gasteiger partial charge on any atom is 0.0457 e. The van der Waals surface area contributed by atoms with Crippen molar-refractivity contribution in [2.45, 2.75) is 31.7 Å². The molecule has 2 nitrogen and oxygen atoms in total. The van der Waals surface area contributed by atoms with Gasteiger partial charge in [0.15, 0.2) is 0 Å². The largest absolute Gasteiger partial charge is 0.361 e. The number of halogens is 1. The minimum atomic E-state index is 0.275. The first kappa shape index (κ1) is 11.3. The Labute approximate surface area is 110 Å². The molecule has 17 heavy (non-hydrogen) atoms. The second kappa shape index (κ2) is 4.14. The van der Waals surface area contributed by atoms with Crippen LogP contribution in [0.5, 0.6) is 0 Å². The Morgan fingerprint density at radius 1 is 1.41 bits per heavy atom. The van der Waals surface area contributed by atoms with Crippen molar-refractivity contribution < 1.29 is 0 Å². The molecule has 0 amide bonds. The van der Waals surface area contributed by atoms with Gasteiger partial charge < -0.3 is 10.3 Å². The van der Waals surface area contributed by atoms with Gasteiger partial charge in [-0.15, -0.1) is 0 Å². The summed E-state index contributed by atoms with van der Waals surface area (Å²) in [6.07, 6.45) is 5.82. The van der Waals surface area contributed by atoms with Crippen molar-refractivity contribution in [1.29, 1.82) is 0 Å². The van der Waals surface area contributed by atoms with Crippen LogP contribution in [0.1, 0.15) is 25.3 Å². The number of hydrogen-bond donors (Lipinski definition) is 2. The van der Waals surface area contributed by atoms with Gasteiger partial charge in [-0.05, 0) is 56.5 Å². The SMILES string of the molecule is C[C@@]1(Cc2c[nH]c3ccc(Br)cc23)CCCN1. The molecule has 0 bridgehead atoms. The topological polar surface area (TPSA) is 27.8 Å². The summed E-state index contributed by atoms with van der Waals surface area (Å²) in [7, 11) is 0. The van der Waals surface area contributed by atoms with Crippen LogP contribution < -0.4 is 5.32 Å². The first-order valence-electron chi connectivity index (χ1n) is 6.17. The lowest BCUT2D eigenvalue weighted by molar-refractivity contribution is 0.414. The average Bonchev–Trinajstić information content (AvgIpc) is 2.87. The highest BCUT2D eigenvalue weighted by atomic mass is 79.9. The van der Waals surface area contributed by atoms with E-state index in [1.165, 1.54) is 29.3 Å². The number of aromatic amines is 1. The molecule has 3 heteroatoms. The smallest absolute Gasteiger partial charge is 0.0457 e. The van der Waals surface area contributed by atoms with Gasteiger partial charge in [0.1, 0.15) is 0 Å². The standard InChI is InChI=1S/C14H17BrN2/c1-14(5-2-6-17-14)8-10-9-16-13-4-3-11(15)7-12(10)13/h3-4,7,9,16-17H,2,5-6,8H2,1H3/t14-/m0/s1. The summed E-state index contributed by atoms with van der Waals surface area (Å²) in [5, 5.41) is 4.97. The van der Waals surface area contributed by atoms with Crippen LogP contribution >= 0.6 is 15.9 Å². The fourth-order valence-corrected chi connectivity index (χ4v) is 3.19. The zero-order chi connectivity index (χ0) is 11.9. The first-order valence-corrected chi connectivity index (χ1v) is 6.96. The predicted octanol–water partition coefficient (Wildman–Crippen LogP) is 3.62. The Kier molecular flexibility index (Phi) is 2.75. The van der Waals surface area contributed by atoms with Gasteiger partial charge in [0.25, 0.3) is 0 Å². The summed E-state index contributed by atoms with van der Waals surface area (Å²) in [5.74, 6) is 0. The molecule has 1 saturated heterocycles. The Bertz CT molecular complexity index is 538. The normalized spacial score (nSPS) is 24.6. The second-order valence-electron chi connectivity index (χ2n) is 5.27. The molecule has 1 aliphatic heterocycles. The maximum absolute atomic E-state index is 3.62. The zero-order valence-electron chi connectivity index (χ0n) is 10.0. The molecule has 0 saturated carbocycles. The third-order valence-corrected chi connectivity index (χ3v) is 4.26. The number of nitrogens with one attached hydrogen (secondary N) is 2. The molecule has 1 aromatic carbocycles. The number of hydrogen-bond acceptors (Lipinski definition) is 1. The third kappa shape index (κ3) is 2.14. The molecule has 1 aromatic heterocycles. The average molecular weight is 293 g/mol. The monoisotopic (exact) mass is 292 g/mol. The molecular weight excluding hydrogens is 276 g/mol. The molecular formula is C14H17BrN2. The van der Waals surface area contributed by atoms with E-state index in [4.69, 9.17) is 0 Å². The Hall–Kier alpha value is -0.800. The molecule has 0 unspecified atom stereocenters. The number of fused-ring (bicyclic) bond motifs is 1. The van der Waals surface area contributed by atoms with Crippen molar-refractivity contribution in [3.8, 4) is 0 Å². The summed E-state index contributed by atoms with van der Waals surface area (Å²) in [6, 6.07) is 6.42. The van der Waals surface area contributed by atoms with Crippen molar-refractivity contribution >= 4 is 26.8 Å². The molecule has 3 rings (SSSR count). The summed E-state index contributed by atoms with van der Waals surface area (Å²) < 4.78 is 1.15. The Balaban J connectivity index is 1.97. The van der Waals surface area contributed by atoms with Crippen LogP contribution in [-0.2, 0) is 6.42 Å². The summed E-state index contributed by atoms with van der Waals surface area (Å²) >= 11 is 3.55. The fraction of sp³-hybridized carbons (Fsp3) is 0.429. The number of rotatable bonds is 2. The molecule has 2 heterocycles. The van der Waals surface area contributed by atoms with Crippen LogP contribution in [0.2, 0.25) is 0 Å². The number of H-pyrrole nitrogens is 1. The van der Waals surface area contributed by atoms with Gasteiger partial charge in [-0.3, -0.25) is 0 Å². The molecule has 0 radical (unpaired) electrons. The second-order valence-corrected chi connectivity index (χ2v) is 6.19. The number of benzene rings is 1. The minimum absolute atomic E-state index is 0.275. The molecule has 2 aromatic rings. The van der Waals surface area contributed by atoms with Crippen LogP contribution in [0.25, 0.3) is 10.9 Å². The van der Waals surface area contributed by atoms with Crippen molar-refractivity contribution in [2.75, 3.05) is 6.54 Å². The van der Waals surface area contributed by atoms with Gasteiger partial charge in [-0.1, -0.05) is 15.9 Å². The Morgan fingerprint density at radius 2 is 2.29 bits per heavy atom. The van der Waals surface area contributed by atoms with E-state index in [2.05, 4.69) is 57.6 Å². The lowest BCUT2D eigenvalue weighted by Crippen LogP contribution is -2.38. The van der Waals surface area contributed by atoms with Crippen LogP contribution in [0.4, 0.5) is 0 Å². The van der Waals surface area contributed by atoms with E-state index in [1.54, 1.807) is 0 Å². The highest BCUT2D eigenvalue weighted by molar-refractivity contribution is 9.10. The van der Waals surface area contributed by atoms with Gasteiger partial charge in [0.05, 0.1) is 0 Å². The molecule has 90 valence electrons. The summed E-state index contributed by atoms with van der Waals surface area (Å²) in [6.45, 7) is 3.49. The fourth-order valence-electron chi connectivity index (χ4n) is 2.83. The molecule has 2 N–H and O–H groups in total. The number of aromatic nitrogens is 1. The third-order valence-electron chi connectivity index (χ3n) is 3.77. The van der Waals surface area contributed by atoms with Crippen molar-refractivity contribution in [3.05, 3.63) is 34.4 Å². The summed E-state index contributed by atoms with van der Waals surface area (Å²) in [4.78, 5) is 3.36. The molecule has 1 fully saturated rings. The quantitative estimate of drug-likeness (QED) is 0.869. The van der Waals surface area contributed by atoms with E-state index in [-0.39, 0.29) is 5.54 Å².